The Kier molecular flexibility index (Phi) is 4.90. The lowest BCUT2D eigenvalue weighted by Gasteiger charge is -2.35. The molecule has 8 rings (SSSR count). The van der Waals surface area contributed by atoms with Gasteiger partial charge in [-0.15, -0.1) is 0 Å². The molecular weight excluding hydrogens is 484 g/mol. The first-order valence-electron chi connectivity index (χ1n) is 13.9. The van der Waals surface area contributed by atoms with Gasteiger partial charge < -0.3 is 4.57 Å². The lowest BCUT2D eigenvalue weighted by atomic mass is 9.74. The fourth-order valence-corrected chi connectivity index (χ4v) is 6.59. The first-order valence-corrected chi connectivity index (χ1v) is 13.9. The van der Waals surface area contributed by atoms with Crippen LogP contribution in [0.4, 0.5) is 0 Å². The van der Waals surface area contributed by atoms with Crippen LogP contribution in [-0.2, 0) is 5.41 Å². The van der Waals surface area contributed by atoms with Crippen molar-refractivity contribution >= 4 is 21.8 Å². The molecule has 0 radical (unpaired) electrons. The first-order chi connectivity index (χ1) is 19.6. The maximum Gasteiger partial charge on any atom is 0.0702 e. The summed E-state index contributed by atoms with van der Waals surface area (Å²) in [6.07, 6.45) is 1.85. The SMILES string of the molecule is CC1(C)c2ccccc2-n2c3ccc(-c4cccc(-c5ccccn5)c4)cc3c3cc(-c4ccccc4)cc1c32. The molecule has 0 saturated carbocycles. The van der Waals surface area contributed by atoms with E-state index in [1.54, 1.807) is 0 Å². The van der Waals surface area contributed by atoms with Crippen molar-refractivity contribution in [2.45, 2.75) is 19.3 Å². The Morgan fingerprint density at radius 3 is 2.10 bits per heavy atom. The van der Waals surface area contributed by atoms with Crippen LogP contribution in [0.25, 0.3) is 61.0 Å². The molecule has 190 valence electrons. The molecule has 0 spiro atoms. The fourth-order valence-electron chi connectivity index (χ4n) is 6.59. The molecule has 0 bridgehead atoms. The molecule has 0 aliphatic carbocycles. The van der Waals surface area contributed by atoms with E-state index in [2.05, 4.69) is 139 Å². The highest BCUT2D eigenvalue weighted by atomic mass is 15.0. The van der Waals surface area contributed by atoms with Crippen molar-refractivity contribution < 1.29 is 0 Å². The highest BCUT2D eigenvalue weighted by Crippen LogP contribution is 2.49. The van der Waals surface area contributed by atoms with Crippen molar-refractivity contribution in [3.05, 3.63) is 145 Å². The molecule has 40 heavy (non-hydrogen) atoms. The molecule has 1 aliphatic rings. The minimum absolute atomic E-state index is 0.121. The largest absolute Gasteiger partial charge is 0.309 e. The zero-order valence-corrected chi connectivity index (χ0v) is 22.6. The predicted octanol–water partition coefficient (Wildman–Crippen LogP) is 9.82. The van der Waals surface area contributed by atoms with Gasteiger partial charge in [-0.25, -0.2) is 0 Å². The quantitative estimate of drug-likeness (QED) is 0.230. The topological polar surface area (TPSA) is 17.8 Å². The van der Waals surface area contributed by atoms with Crippen LogP contribution in [0.2, 0.25) is 0 Å². The number of aromatic nitrogens is 2. The molecular formula is C38H28N2. The van der Waals surface area contributed by atoms with E-state index in [1.165, 1.54) is 60.9 Å². The van der Waals surface area contributed by atoms with Gasteiger partial charge in [-0.2, -0.15) is 0 Å². The van der Waals surface area contributed by atoms with Crippen LogP contribution in [-0.4, -0.2) is 9.55 Å². The molecule has 0 fully saturated rings. The first kappa shape index (κ1) is 23.0. The smallest absolute Gasteiger partial charge is 0.0702 e. The van der Waals surface area contributed by atoms with Crippen LogP contribution in [0, 0.1) is 0 Å². The summed E-state index contributed by atoms with van der Waals surface area (Å²) in [5, 5.41) is 2.58. The number of rotatable bonds is 3. The molecule has 0 N–H and O–H groups in total. The molecule has 0 saturated heterocycles. The average Bonchev–Trinajstić information content (AvgIpc) is 3.34. The second-order valence-electron chi connectivity index (χ2n) is 11.3. The molecule has 5 aromatic carbocycles. The standard InChI is InChI=1S/C38H28N2/c1-38(2)32-15-6-7-17-36(32)40-35-19-18-27(26-13-10-14-28(21-26)34-16-8-9-20-39-34)22-30(35)31-23-29(24-33(38)37(31)40)25-11-4-3-5-12-25/h3-24H,1-2H3. The Morgan fingerprint density at radius 2 is 1.25 bits per heavy atom. The number of fused-ring (bicyclic) bond motifs is 5. The van der Waals surface area contributed by atoms with Crippen LogP contribution in [0.3, 0.4) is 0 Å². The van der Waals surface area contributed by atoms with E-state index >= 15 is 0 Å². The molecule has 7 aromatic rings. The minimum atomic E-state index is -0.121. The lowest BCUT2D eigenvalue weighted by Crippen LogP contribution is -2.26. The van der Waals surface area contributed by atoms with E-state index in [4.69, 9.17) is 0 Å². The predicted molar refractivity (Wildman–Crippen MR) is 167 cm³/mol. The van der Waals surface area contributed by atoms with Crippen molar-refractivity contribution in [1.29, 1.82) is 0 Å². The number of para-hydroxylation sites is 1. The maximum atomic E-state index is 4.58. The van der Waals surface area contributed by atoms with Crippen LogP contribution < -0.4 is 0 Å². The van der Waals surface area contributed by atoms with E-state index in [0.717, 1.165) is 11.3 Å². The van der Waals surface area contributed by atoms with Gasteiger partial charge >= 0.3 is 0 Å². The van der Waals surface area contributed by atoms with Gasteiger partial charge in [-0.1, -0.05) is 92.7 Å². The maximum absolute atomic E-state index is 4.58. The third-order valence-corrected chi connectivity index (χ3v) is 8.62. The summed E-state index contributed by atoms with van der Waals surface area (Å²) in [6.45, 7) is 4.73. The summed E-state index contributed by atoms with van der Waals surface area (Å²) in [5.74, 6) is 0. The third-order valence-electron chi connectivity index (χ3n) is 8.62. The van der Waals surface area contributed by atoms with Gasteiger partial charge in [0, 0.05) is 27.9 Å². The summed E-state index contributed by atoms with van der Waals surface area (Å²) in [6, 6.07) is 46.2. The number of benzene rings is 5. The summed E-state index contributed by atoms with van der Waals surface area (Å²) >= 11 is 0. The number of hydrogen-bond donors (Lipinski definition) is 0. The highest BCUT2D eigenvalue weighted by molar-refractivity contribution is 6.14. The van der Waals surface area contributed by atoms with Gasteiger partial charge in [-0.05, 0) is 81.9 Å². The van der Waals surface area contributed by atoms with E-state index in [-0.39, 0.29) is 5.41 Å². The Labute approximate surface area is 234 Å². The van der Waals surface area contributed by atoms with Gasteiger partial charge in [0.2, 0.25) is 0 Å². The number of nitrogens with zero attached hydrogens (tertiary/aromatic N) is 2. The van der Waals surface area contributed by atoms with Crippen molar-refractivity contribution in [3.63, 3.8) is 0 Å². The van der Waals surface area contributed by atoms with E-state index in [0.29, 0.717) is 0 Å². The molecule has 2 nitrogen and oxygen atoms in total. The van der Waals surface area contributed by atoms with Gasteiger partial charge in [0.1, 0.15) is 0 Å². The second kappa shape index (κ2) is 8.53. The van der Waals surface area contributed by atoms with Crippen molar-refractivity contribution in [1.82, 2.24) is 9.55 Å². The van der Waals surface area contributed by atoms with Crippen LogP contribution in [0.1, 0.15) is 25.0 Å². The molecule has 0 amide bonds. The van der Waals surface area contributed by atoms with Crippen LogP contribution >= 0.6 is 0 Å². The fraction of sp³-hybridized carbons (Fsp3) is 0.0789. The van der Waals surface area contributed by atoms with Gasteiger partial charge in [0.25, 0.3) is 0 Å². The van der Waals surface area contributed by atoms with Crippen LogP contribution in [0.15, 0.2) is 134 Å². The zero-order chi connectivity index (χ0) is 26.8. The van der Waals surface area contributed by atoms with Crippen LogP contribution in [0.5, 0.6) is 0 Å². The minimum Gasteiger partial charge on any atom is -0.309 e. The molecule has 1 aliphatic heterocycles. The Balaban J connectivity index is 1.43. The summed E-state index contributed by atoms with van der Waals surface area (Å²) < 4.78 is 2.49. The molecule has 0 atom stereocenters. The lowest BCUT2D eigenvalue weighted by molar-refractivity contribution is 0.630. The molecule has 2 aromatic heterocycles. The van der Waals surface area contributed by atoms with E-state index < -0.39 is 0 Å². The summed E-state index contributed by atoms with van der Waals surface area (Å²) in [4.78, 5) is 4.58. The normalized spacial score (nSPS) is 13.4. The highest BCUT2D eigenvalue weighted by Gasteiger charge is 2.35. The Morgan fingerprint density at radius 1 is 0.525 bits per heavy atom. The zero-order valence-electron chi connectivity index (χ0n) is 22.6. The molecule has 2 heteroatoms. The number of pyridine rings is 1. The Bertz CT molecular complexity index is 2060. The van der Waals surface area contributed by atoms with Gasteiger partial charge in [0.15, 0.2) is 0 Å². The monoisotopic (exact) mass is 512 g/mol. The van der Waals surface area contributed by atoms with E-state index in [9.17, 15) is 0 Å². The second-order valence-corrected chi connectivity index (χ2v) is 11.3. The van der Waals surface area contributed by atoms with Crippen molar-refractivity contribution in [2.24, 2.45) is 0 Å². The average molecular weight is 513 g/mol. The molecule has 0 unspecified atom stereocenters. The van der Waals surface area contributed by atoms with Crippen molar-refractivity contribution in [3.8, 4) is 39.2 Å². The summed E-state index contributed by atoms with van der Waals surface area (Å²) in [7, 11) is 0. The van der Waals surface area contributed by atoms with E-state index in [1.807, 2.05) is 18.3 Å². The van der Waals surface area contributed by atoms with Gasteiger partial charge in [0.05, 0.1) is 22.4 Å². The Hall–Kier alpha value is -4.95. The third kappa shape index (κ3) is 3.32. The molecule has 3 heterocycles. The van der Waals surface area contributed by atoms with Crippen molar-refractivity contribution in [2.75, 3.05) is 0 Å². The summed E-state index contributed by atoms with van der Waals surface area (Å²) in [5.41, 5.74) is 13.5. The van der Waals surface area contributed by atoms with Gasteiger partial charge in [-0.3, -0.25) is 4.98 Å². The number of hydrogen-bond acceptors (Lipinski definition) is 1.